The Bertz CT molecular complexity index is 533. The summed E-state index contributed by atoms with van der Waals surface area (Å²) >= 11 is 5.82. The van der Waals surface area contributed by atoms with E-state index in [0.29, 0.717) is 19.4 Å². The second-order valence-electron chi connectivity index (χ2n) is 5.23. The van der Waals surface area contributed by atoms with Crippen molar-refractivity contribution < 1.29 is 18.0 Å². The zero-order valence-corrected chi connectivity index (χ0v) is 12.2. The van der Waals surface area contributed by atoms with Crippen LogP contribution in [0.25, 0.3) is 0 Å². The average Bonchev–Trinajstić information content (AvgIpc) is 2.39. The molecule has 1 fully saturated rings. The van der Waals surface area contributed by atoms with Crippen LogP contribution in [-0.2, 0) is 11.0 Å². The van der Waals surface area contributed by atoms with Gasteiger partial charge < -0.3 is 10.6 Å². The van der Waals surface area contributed by atoms with Crippen LogP contribution in [-0.4, -0.2) is 18.5 Å². The molecule has 1 aromatic rings. The zero-order chi connectivity index (χ0) is 15.6. The molecular weight excluding hydrogens is 305 g/mol. The van der Waals surface area contributed by atoms with Crippen LogP contribution in [0, 0.1) is 5.92 Å². The van der Waals surface area contributed by atoms with Gasteiger partial charge in [0.15, 0.2) is 0 Å². The van der Waals surface area contributed by atoms with Crippen molar-refractivity contribution in [3.63, 3.8) is 0 Å². The highest BCUT2D eigenvalue weighted by atomic mass is 35.5. The molecule has 21 heavy (non-hydrogen) atoms. The van der Waals surface area contributed by atoms with Gasteiger partial charge in [-0.2, -0.15) is 13.2 Å². The Balaban J connectivity index is 2.21. The van der Waals surface area contributed by atoms with Crippen LogP contribution in [0.5, 0.6) is 0 Å². The van der Waals surface area contributed by atoms with E-state index in [1.54, 1.807) is 0 Å². The van der Waals surface area contributed by atoms with E-state index in [2.05, 4.69) is 10.6 Å². The quantitative estimate of drug-likeness (QED) is 0.872. The van der Waals surface area contributed by atoms with E-state index in [4.69, 9.17) is 11.6 Å². The van der Waals surface area contributed by atoms with Crippen molar-refractivity contribution in [1.82, 2.24) is 5.32 Å². The van der Waals surface area contributed by atoms with Gasteiger partial charge in [0.25, 0.3) is 0 Å². The van der Waals surface area contributed by atoms with Crippen LogP contribution < -0.4 is 10.6 Å². The molecule has 1 aliphatic heterocycles. The number of nitrogens with one attached hydrogen (secondary N) is 2. The molecule has 2 rings (SSSR count). The number of benzene rings is 1. The standard InChI is InChI=1S/C14H16ClF3N2O/c1-8-7-9(5-6-19-8)13(21)20-12-10(14(16,17)18)3-2-4-11(12)15/h2-4,8-9,19H,5-7H2,1H3,(H,20,21). The third-order valence-corrected chi connectivity index (χ3v) is 3.88. The lowest BCUT2D eigenvalue weighted by Crippen LogP contribution is -2.40. The maximum Gasteiger partial charge on any atom is 0.418 e. The predicted molar refractivity (Wildman–Crippen MR) is 75.3 cm³/mol. The van der Waals surface area contributed by atoms with Gasteiger partial charge in [-0.15, -0.1) is 0 Å². The van der Waals surface area contributed by atoms with Gasteiger partial charge in [-0.1, -0.05) is 17.7 Å². The molecule has 2 N–H and O–H groups in total. The van der Waals surface area contributed by atoms with Gasteiger partial charge in [0, 0.05) is 12.0 Å². The fourth-order valence-corrected chi connectivity index (χ4v) is 2.70. The molecule has 0 bridgehead atoms. The third-order valence-electron chi connectivity index (χ3n) is 3.56. The number of carbonyl (C=O) groups excluding carboxylic acids is 1. The molecule has 7 heteroatoms. The number of halogens is 4. The van der Waals surface area contributed by atoms with Crippen LogP contribution in [0.1, 0.15) is 25.3 Å². The number of hydrogen-bond acceptors (Lipinski definition) is 2. The number of carbonyl (C=O) groups is 1. The van der Waals surface area contributed by atoms with E-state index in [9.17, 15) is 18.0 Å². The first-order valence-electron chi connectivity index (χ1n) is 6.69. The lowest BCUT2D eigenvalue weighted by molar-refractivity contribution is -0.137. The molecule has 0 radical (unpaired) electrons. The summed E-state index contributed by atoms with van der Waals surface area (Å²) in [6.45, 7) is 2.62. The predicted octanol–water partition coefficient (Wildman–Crippen LogP) is 3.69. The average molecular weight is 321 g/mol. The van der Waals surface area contributed by atoms with E-state index in [1.165, 1.54) is 12.1 Å². The molecule has 0 saturated carbocycles. The minimum atomic E-state index is -4.56. The van der Waals surface area contributed by atoms with Gasteiger partial charge in [0.2, 0.25) is 5.91 Å². The highest BCUT2D eigenvalue weighted by Gasteiger charge is 2.35. The van der Waals surface area contributed by atoms with E-state index >= 15 is 0 Å². The monoisotopic (exact) mass is 320 g/mol. The zero-order valence-electron chi connectivity index (χ0n) is 11.4. The Morgan fingerprint density at radius 3 is 2.76 bits per heavy atom. The first-order valence-corrected chi connectivity index (χ1v) is 7.07. The summed E-state index contributed by atoms with van der Waals surface area (Å²) in [5, 5.41) is 5.44. The molecule has 1 aromatic carbocycles. The van der Waals surface area contributed by atoms with E-state index < -0.39 is 17.6 Å². The molecule has 2 atom stereocenters. The van der Waals surface area contributed by atoms with Gasteiger partial charge >= 0.3 is 6.18 Å². The first-order chi connectivity index (χ1) is 9.79. The van der Waals surface area contributed by atoms with Gasteiger partial charge in [0.1, 0.15) is 0 Å². The second kappa shape index (κ2) is 6.23. The number of para-hydroxylation sites is 1. The largest absolute Gasteiger partial charge is 0.418 e. The number of piperidine rings is 1. The lowest BCUT2D eigenvalue weighted by atomic mass is 9.92. The SMILES string of the molecule is CC1CC(C(=O)Nc2c(Cl)cccc2C(F)(F)F)CCN1. The highest BCUT2D eigenvalue weighted by Crippen LogP contribution is 2.38. The number of rotatable bonds is 2. The van der Waals surface area contributed by atoms with Crippen LogP contribution >= 0.6 is 11.6 Å². The smallest absolute Gasteiger partial charge is 0.324 e. The Morgan fingerprint density at radius 1 is 1.43 bits per heavy atom. The van der Waals surface area contributed by atoms with Crippen molar-refractivity contribution in [3.8, 4) is 0 Å². The summed E-state index contributed by atoms with van der Waals surface area (Å²) in [6, 6.07) is 3.63. The van der Waals surface area contributed by atoms with Gasteiger partial charge in [-0.3, -0.25) is 4.79 Å². The van der Waals surface area contributed by atoms with Gasteiger partial charge in [-0.25, -0.2) is 0 Å². The third kappa shape index (κ3) is 3.89. The minimum Gasteiger partial charge on any atom is -0.324 e. The van der Waals surface area contributed by atoms with Gasteiger partial charge in [-0.05, 0) is 38.4 Å². The molecule has 0 aliphatic carbocycles. The van der Waals surface area contributed by atoms with Crippen molar-refractivity contribution in [1.29, 1.82) is 0 Å². The van der Waals surface area contributed by atoms with Crippen LogP contribution in [0.15, 0.2) is 18.2 Å². The summed E-state index contributed by atoms with van der Waals surface area (Å²) in [7, 11) is 0. The fourth-order valence-electron chi connectivity index (χ4n) is 2.48. The number of amides is 1. The van der Waals surface area contributed by atoms with Crippen molar-refractivity contribution in [2.75, 3.05) is 11.9 Å². The summed E-state index contributed by atoms with van der Waals surface area (Å²) in [5.74, 6) is -0.722. The normalized spacial score (nSPS) is 22.9. The summed E-state index contributed by atoms with van der Waals surface area (Å²) in [4.78, 5) is 12.2. The fraction of sp³-hybridized carbons (Fsp3) is 0.500. The molecule has 2 unspecified atom stereocenters. The Kier molecular flexibility index (Phi) is 4.78. The van der Waals surface area contributed by atoms with Crippen LogP contribution in [0.2, 0.25) is 5.02 Å². The molecule has 3 nitrogen and oxygen atoms in total. The van der Waals surface area contributed by atoms with Crippen molar-refractivity contribution in [3.05, 3.63) is 28.8 Å². The van der Waals surface area contributed by atoms with Crippen molar-refractivity contribution in [2.24, 2.45) is 5.92 Å². The summed E-state index contributed by atoms with van der Waals surface area (Å²) < 4.78 is 38.9. The summed E-state index contributed by atoms with van der Waals surface area (Å²) in [6.07, 6.45) is -3.37. The van der Waals surface area contributed by atoms with Crippen molar-refractivity contribution >= 4 is 23.2 Å². The molecule has 0 spiro atoms. The van der Waals surface area contributed by atoms with E-state index in [0.717, 1.165) is 6.07 Å². The van der Waals surface area contributed by atoms with Crippen LogP contribution in [0.3, 0.4) is 0 Å². The number of alkyl halides is 3. The molecule has 1 amide bonds. The Hall–Kier alpha value is -1.27. The Labute approximate surface area is 125 Å². The lowest BCUT2D eigenvalue weighted by Gasteiger charge is -2.27. The topological polar surface area (TPSA) is 41.1 Å². The molecule has 0 aromatic heterocycles. The second-order valence-corrected chi connectivity index (χ2v) is 5.63. The number of hydrogen-bond donors (Lipinski definition) is 2. The van der Waals surface area contributed by atoms with Gasteiger partial charge in [0.05, 0.1) is 16.3 Å². The Morgan fingerprint density at radius 2 is 2.14 bits per heavy atom. The van der Waals surface area contributed by atoms with Crippen LogP contribution in [0.4, 0.5) is 18.9 Å². The molecule has 1 heterocycles. The first kappa shape index (κ1) is 16.1. The van der Waals surface area contributed by atoms with Crippen molar-refractivity contribution in [2.45, 2.75) is 32.0 Å². The molecule has 1 saturated heterocycles. The summed E-state index contributed by atoms with van der Waals surface area (Å²) in [5.41, 5.74) is -1.28. The highest BCUT2D eigenvalue weighted by molar-refractivity contribution is 6.34. The molecular formula is C14H16ClF3N2O. The molecule has 1 aliphatic rings. The number of anilines is 1. The maximum atomic E-state index is 13.0. The minimum absolute atomic E-state index is 0.111. The maximum absolute atomic E-state index is 13.0. The van der Waals surface area contributed by atoms with E-state index in [1.807, 2.05) is 6.92 Å². The van der Waals surface area contributed by atoms with E-state index in [-0.39, 0.29) is 22.7 Å². The molecule has 116 valence electrons.